The molecule has 1 aliphatic heterocycles. The lowest BCUT2D eigenvalue weighted by Crippen LogP contribution is -2.32. The van der Waals surface area contributed by atoms with Gasteiger partial charge in [0.15, 0.2) is 0 Å². The van der Waals surface area contributed by atoms with E-state index in [0.717, 1.165) is 11.1 Å². The molecule has 1 unspecified atom stereocenters. The highest BCUT2D eigenvalue weighted by molar-refractivity contribution is 8.05. The number of carbonyl (C=O) groups is 2. The van der Waals surface area contributed by atoms with Crippen molar-refractivity contribution in [2.45, 2.75) is 31.4 Å². The summed E-state index contributed by atoms with van der Waals surface area (Å²) in [6.45, 7) is 7.96. The standard InChI is InChI=1S/C25H23Cl2N3O2S/c1-4-9-29-23(31)21(14-28)25-30(20-7-5-17(6-8-20)15(2)3)24(32)22(33-25)12-16-10-18(26)13-19(27)11-16/h4-8,10-11,13,15,22H,1,9,12H2,2-3H3,(H,29,31)/b25-21-. The van der Waals surface area contributed by atoms with Gasteiger partial charge in [-0.15, -0.1) is 6.58 Å². The van der Waals surface area contributed by atoms with E-state index in [0.29, 0.717) is 33.1 Å². The Labute approximate surface area is 208 Å². The van der Waals surface area contributed by atoms with Crippen LogP contribution in [-0.2, 0) is 16.0 Å². The Hall–Kier alpha value is -2.72. The second kappa shape index (κ2) is 10.9. The summed E-state index contributed by atoms with van der Waals surface area (Å²) < 4.78 is 0. The SMILES string of the molecule is C=CCNC(=O)/C(C#N)=C1\SC(Cc2cc(Cl)cc(Cl)c2)C(=O)N1c1ccc(C(C)C)cc1. The first-order valence-electron chi connectivity index (χ1n) is 10.3. The number of hydrogen-bond acceptors (Lipinski definition) is 4. The molecule has 33 heavy (non-hydrogen) atoms. The number of carbonyl (C=O) groups excluding carboxylic acids is 2. The van der Waals surface area contributed by atoms with E-state index in [1.165, 1.54) is 22.7 Å². The van der Waals surface area contributed by atoms with E-state index in [1.807, 2.05) is 30.3 Å². The Balaban J connectivity index is 2.04. The molecule has 3 rings (SSSR count). The van der Waals surface area contributed by atoms with Crippen LogP contribution in [0.25, 0.3) is 0 Å². The molecule has 0 radical (unpaired) electrons. The molecule has 0 spiro atoms. The van der Waals surface area contributed by atoms with Gasteiger partial charge in [0.25, 0.3) is 5.91 Å². The van der Waals surface area contributed by atoms with Crippen LogP contribution in [0, 0.1) is 11.3 Å². The quantitative estimate of drug-likeness (QED) is 0.294. The predicted molar refractivity (Wildman–Crippen MR) is 135 cm³/mol. The van der Waals surface area contributed by atoms with Gasteiger partial charge in [0.2, 0.25) is 5.91 Å². The Bertz CT molecular complexity index is 1130. The van der Waals surface area contributed by atoms with E-state index in [1.54, 1.807) is 18.2 Å². The maximum Gasteiger partial charge on any atom is 0.264 e. The Morgan fingerprint density at radius 2 is 1.88 bits per heavy atom. The van der Waals surface area contributed by atoms with Gasteiger partial charge in [-0.05, 0) is 53.8 Å². The van der Waals surface area contributed by atoms with E-state index in [4.69, 9.17) is 23.2 Å². The van der Waals surface area contributed by atoms with Crippen molar-refractivity contribution in [3.63, 3.8) is 0 Å². The highest BCUT2D eigenvalue weighted by Gasteiger charge is 2.40. The molecule has 1 aliphatic rings. The summed E-state index contributed by atoms with van der Waals surface area (Å²) in [5.74, 6) is -0.437. The van der Waals surface area contributed by atoms with Gasteiger partial charge in [0.1, 0.15) is 16.7 Å². The first kappa shape index (κ1) is 24.9. The number of amides is 2. The fourth-order valence-electron chi connectivity index (χ4n) is 3.43. The van der Waals surface area contributed by atoms with E-state index in [9.17, 15) is 14.9 Å². The maximum absolute atomic E-state index is 13.5. The summed E-state index contributed by atoms with van der Waals surface area (Å²) >= 11 is 13.5. The van der Waals surface area contributed by atoms with E-state index in [-0.39, 0.29) is 18.0 Å². The number of nitrogens with one attached hydrogen (secondary N) is 1. The molecule has 0 bridgehead atoms. The average Bonchev–Trinajstić information content (AvgIpc) is 3.07. The second-order valence-electron chi connectivity index (χ2n) is 7.80. The van der Waals surface area contributed by atoms with Gasteiger partial charge < -0.3 is 5.32 Å². The van der Waals surface area contributed by atoms with Crippen molar-refractivity contribution in [2.24, 2.45) is 0 Å². The minimum Gasteiger partial charge on any atom is -0.348 e. The zero-order valence-electron chi connectivity index (χ0n) is 18.3. The van der Waals surface area contributed by atoms with Gasteiger partial charge in [-0.25, -0.2) is 0 Å². The minimum atomic E-state index is -0.553. The molecule has 0 aromatic heterocycles. The Morgan fingerprint density at radius 3 is 2.42 bits per heavy atom. The van der Waals surface area contributed by atoms with Crippen molar-refractivity contribution in [1.29, 1.82) is 5.26 Å². The molecule has 1 heterocycles. The predicted octanol–water partition coefficient (Wildman–Crippen LogP) is 5.85. The third kappa shape index (κ3) is 5.80. The molecule has 2 amide bonds. The third-order valence-corrected chi connectivity index (χ3v) is 6.77. The number of nitrogens with zero attached hydrogens (tertiary/aromatic N) is 2. The minimum absolute atomic E-state index is 0.116. The van der Waals surface area contributed by atoms with Gasteiger partial charge in [-0.1, -0.05) is 67.0 Å². The maximum atomic E-state index is 13.5. The van der Waals surface area contributed by atoms with Gasteiger partial charge in [-0.2, -0.15) is 5.26 Å². The number of benzene rings is 2. The van der Waals surface area contributed by atoms with E-state index in [2.05, 4.69) is 25.7 Å². The number of rotatable bonds is 7. The first-order chi connectivity index (χ1) is 15.7. The van der Waals surface area contributed by atoms with Crippen molar-refractivity contribution in [2.75, 3.05) is 11.4 Å². The van der Waals surface area contributed by atoms with Gasteiger partial charge in [0.05, 0.1) is 5.25 Å². The Kier molecular flexibility index (Phi) is 8.25. The van der Waals surface area contributed by atoms with Crippen LogP contribution in [0.1, 0.15) is 30.9 Å². The van der Waals surface area contributed by atoms with Crippen LogP contribution >= 0.6 is 35.0 Å². The van der Waals surface area contributed by atoms with E-state index >= 15 is 0 Å². The summed E-state index contributed by atoms with van der Waals surface area (Å²) in [7, 11) is 0. The highest BCUT2D eigenvalue weighted by atomic mass is 35.5. The lowest BCUT2D eigenvalue weighted by atomic mass is 10.0. The molecule has 1 saturated heterocycles. The molecule has 1 N–H and O–H groups in total. The number of halogens is 2. The van der Waals surface area contributed by atoms with Gasteiger partial charge in [0, 0.05) is 22.3 Å². The first-order valence-corrected chi connectivity index (χ1v) is 12.0. The lowest BCUT2D eigenvalue weighted by Gasteiger charge is -2.19. The number of anilines is 1. The van der Waals surface area contributed by atoms with Gasteiger partial charge in [-0.3, -0.25) is 14.5 Å². The van der Waals surface area contributed by atoms with Crippen LogP contribution in [0.4, 0.5) is 5.69 Å². The molecule has 1 atom stereocenters. The van der Waals surface area contributed by atoms with Crippen LogP contribution < -0.4 is 10.2 Å². The monoisotopic (exact) mass is 499 g/mol. The second-order valence-corrected chi connectivity index (χ2v) is 9.86. The summed E-state index contributed by atoms with van der Waals surface area (Å²) in [4.78, 5) is 27.6. The third-order valence-electron chi connectivity index (χ3n) is 5.07. The zero-order valence-corrected chi connectivity index (χ0v) is 20.6. The molecule has 8 heteroatoms. The van der Waals surface area contributed by atoms with Crippen LogP contribution in [0.2, 0.25) is 10.0 Å². The van der Waals surface area contributed by atoms with Crippen molar-refractivity contribution in [1.82, 2.24) is 5.32 Å². The molecule has 2 aromatic rings. The number of thioether (sulfide) groups is 1. The molecular formula is C25H23Cl2N3O2S. The summed E-state index contributed by atoms with van der Waals surface area (Å²) in [6.07, 6.45) is 1.87. The van der Waals surface area contributed by atoms with Crippen molar-refractivity contribution >= 4 is 52.5 Å². The fourth-order valence-corrected chi connectivity index (χ4v) is 5.31. The molecular weight excluding hydrogens is 477 g/mol. The molecule has 2 aromatic carbocycles. The van der Waals surface area contributed by atoms with Crippen molar-refractivity contribution in [3.8, 4) is 6.07 Å². The van der Waals surface area contributed by atoms with Crippen LogP contribution in [0.3, 0.4) is 0 Å². The van der Waals surface area contributed by atoms with Crippen molar-refractivity contribution < 1.29 is 9.59 Å². The molecule has 1 fully saturated rings. The lowest BCUT2D eigenvalue weighted by molar-refractivity contribution is -0.117. The highest BCUT2D eigenvalue weighted by Crippen LogP contribution is 2.42. The Morgan fingerprint density at radius 1 is 1.24 bits per heavy atom. The largest absolute Gasteiger partial charge is 0.348 e. The molecule has 5 nitrogen and oxygen atoms in total. The van der Waals surface area contributed by atoms with Crippen LogP contribution in [0.15, 0.2) is 65.7 Å². The van der Waals surface area contributed by atoms with Crippen molar-refractivity contribution in [3.05, 3.63) is 86.9 Å². The summed E-state index contributed by atoms with van der Waals surface area (Å²) in [5.41, 5.74) is 2.40. The van der Waals surface area contributed by atoms with Crippen LogP contribution in [-0.4, -0.2) is 23.6 Å². The van der Waals surface area contributed by atoms with Gasteiger partial charge >= 0.3 is 0 Å². The van der Waals surface area contributed by atoms with E-state index < -0.39 is 11.2 Å². The summed E-state index contributed by atoms with van der Waals surface area (Å²) in [5, 5.41) is 13.1. The normalized spacial score (nSPS) is 17.2. The smallest absolute Gasteiger partial charge is 0.264 e. The zero-order chi connectivity index (χ0) is 24.1. The molecule has 170 valence electrons. The summed E-state index contributed by atoms with van der Waals surface area (Å²) in [6, 6.07) is 14.7. The fraction of sp³-hybridized carbons (Fsp3) is 0.240. The topological polar surface area (TPSA) is 73.2 Å². The average molecular weight is 500 g/mol. The van der Waals surface area contributed by atoms with Crippen LogP contribution in [0.5, 0.6) is 0 Å². The number of nitriles is 1. The molecule has 0 aliphatic carbocycles. The number of hydrogen-bond donors (Lipinski definition) is 1. The molecule has 0 saturated carbocycles.